The average Bonchev–Trinajstić information content (AvgIpc) is 1.37. The van der Waals surface area contributed by atoms with E-state index in [9.17, 15) is 0 Å². The Balaban J connectivity index is -0.0000000450. The molecule has 0 bridgehead atoms. The Morgan fingerprint density at radius 1 is 1.50 bits per heavy atom. The number of hydrogen-bond donors (Lipinski definition) is 1. The molecule has 0 aliphatic heterocycles. The first kappa shape index (κ1) is 15.7. The summed E-state index contributed by atoms with van der Waals surface area (Å²) >= 11 is 0. The molecule has 0 rings (SSSR count). The summed E-state index contributed by atoms with van der Waals surface area (Å²) in [6.07, 6.45) is 0.750. The van der Waals surface area contributed by atoms with Crippen molar-refractivity contribution >= 4 is 0 Å². The molecule has 0 saturated carbocycles. The minimum atomic E-state index is 0. The van der Waals surface area contributed by atoms with Gasteiger partial charge in [-0.2, -0.15) is 6.42 Å². The second-order valence-electron chi connectivity index (χ2n) is 0.591. The Hall–Kier alpha value is 1.21. The van der Waals surface area contributed by atoms with Gasteiger partial charge >= 0.3 is 0 Å². The molecule has 44 valence electrons. The van der Waals surface area contributed by atoms with E-state index in [4.69, 9.17) is 5.11 Å². The molecule has 0 atom stereocenters. The van der Waals surface area contributed by atoms with E-state index >= 15 is 0 Å². The minimum Gasteiger partial charge on any atom is -0.566 e. The van der Waals surface area contributed by atoms with E-state index in [0.29, 0.717) is 0 Å². The number of hydrogen-bond acceptors (Lipinski definition) is 1. The van der Waals surface area contributed by atoms with Crippen LogP contribution in [0.4, 0.5) is 0 Å². The van der Waals surface area contributed by atoms with Gasteiger partial charge in [-0.1, -0.05) is 6.92 Å². The number of aliphatic hydroxyl groups excluding tert-OH is 1. The molecule has 0 aromatic carbocycles. The molecule has 0 saturated heterocycles. The van der Waals surface area contributed by atoms with Gasteiger partial charge in [0, 0.05) is 39.0 Å². The van der Waals surface area contributed by atoms with Crippen LogP contribution in [0.3, 0.4) is 0 Å². The number of rotatable bonds is 1. The van der Waals surface area contributed by atoms with E-state index in [1.54, 1.807) is 0 Å². The first-order valence-electron chi connectivity index (χ1n) is 1.37. The monoisotopic (exact) mass is 265 g/mol. The number of aliphatic hydroxyl groups is 1. The fourth-order valence-corrected chi connectivity index (χ4v) is 0. The zero-order chi connectivity index (χ0) is 3.41. The maximum atomic E-state index is 7.75. The molecule has 0 aromatic heterocycles. The molecular formula is C3H7ORh2-. The van der Waals surface area contributed by atoms with Crippen molar-refractivity contribution in [2.24, 2.45) is 0 Å². The molecule has 6 heavy (non-hydrogen) atoms. The summed E-state index contributed by atoms with van der Waals surface area (Å²) in [5.74, 6) is 0. The van der Waals surface area contributed by atoms with Crippen LogP contribution in [0.2, 0.25) is 0 Å². The van der Waals surface area contributed by atoms with Crippen molar-refractivity contribution in [3.05, 3.63) is 6.61 Å². The van der Waals surface area contributed by atoms with Crippen molar-refractivity contribution in [3.8, 4) is 0 Å². The van der Waals surface area contributed by atoms with Gasteiger partial charge in [0.25, 0.3) is 0 Å². The first-order chi connectivity index (χ1) is 1.91. The van der Waals surface area contributed by atoms with Gasteiger partial charge in [-0.3, -0.25) is 0 Å². The van der Waals surface area contributed by atoms with Crippen LogP contribution in [-0.4, -0.2) is 5.11 Å². The van der Waals surface area contributed by atoms with Crippen molar-refractivity contribution in [1.82, 2.24) is 0 Å². The first-order valence-corrected chi connectivity index (χ1v) is 1.37. The molecular weight excluding hydrogens is 258 g/mol. The van der Waals surface area contributed by atoms with Gasteiger partial charge < -0.3 is 5.11 Å². The molecule has 1 nitrogen and oxygen atoms in total. The fraction of sp³-hybridized carbons (Fsp3) is 0.667. The second-order valence-corrected chi connectivity index (χ2v) is 0.591. The zero-order valence-electron chi connectivity index (χ0n) is 3.40. The molecule has 0 spiro atoms. The normalized spacial score (nSPS) is 5.00. The van der Waals surface area contributed by atoms with Crippen LogP contribution >= 0.6 is 0 Å². The van der Waals surface area contributed by atoms with Crippen LogP contribution in [0.5, 0.6) is 0 Å². The predicted molar refractivity (Wildman–Crippen MR) is 16.5 cm³/mol. The van der Waals surface area contributed by atoms with Crippen LogP contribution in [0.1, 0.15) is 13.3 Å². The van der Waals surface area contributed by atoms with E-state index in [1.807, 2.05) is 6.92 Å². The van der Waals surface area contributed by atoms with E-state index < -0.39 is 0 Å². The topological polar surface area (TPSA) is 20.2 Å². The third-order valence-electron chi connectivity index (χ3n) is 0.183. The molecule has 2 radical (unpaired) electrons. The van der Waals surface area contributed by atoms with Crippen LogP contribution in [0, 0.1) is 6.61 Å². The maximum Gasteiger partial charge on any atom is 0 e. The van der Waals surface area contributed by atoms with Crippen LogP contribution in [0.25, 0.3) is 0 Å². The van der Waals surface area contributed by atoms with Gasteiger partial charge in [-0.05, 0) is 0 Å². The van der Waals surface area contributed by atoms with Gasteiger partial charge in [-0.25, -0.2) is 6.61 Å². The molecule has 1 N–H and O–H groups in total. The average molecular weight is 265 g/mol. The largest absolute Gasteiger partial charge is 0.566 e. The molecule has 0 aliphatic rings. The smallest absolute Gasteiger partial charge is 0 e. The Morgan fingerprint density at radius 2 is 1.67 bits per heavy atom. The molecule has 0 unspecified atom stereocenters. The Morgan fingerprint density at radius 3 is 1.67 bits per heavy atom. The van der Waals surface area contributed by atoms with Gasteiger partial charge in [0.05, 0.1) is 0 Å². The standard InChI is InChI=1S/C3H7O.2Rh/c1-2-3-4;;/h3-4H,2H2,1H3;;/q-1;;. The van der Waals surface area contributed by atoms with Gasteiger partial charge in [-0.15, -0.1) is 0 Å². The maximum absolute atomic E-state index is 7.75. The zero-order valence-corrected chi connectivity index (χ0v) is 6.68. The third-order valence-corrected chi connectivity index (χ3v) is 0.183. The quantitative estimate of drug-likeness (QED) is 0.552. The summed E-state index contributed by atoms with van der Waals surface area (Å²) in [4.78, 5) is 0. The summed E-state index contributed by atoms with van der Waals surface area (Å²) in [5, 5.41) is 7.75. The second kappa shape index (κ2) is 16.4. The van der Waals surface area contributed by atoms with Gasteiger partial charge in [0.15, 0.2) is 0 Å². The summed E-state index contributed by atoms with van der Waals surface area (Å²) < 4.78 is 0. The fourth-order valence-electron chi connectivity index (χ4n) is 0. The Labute approximate surface area is 64.0 Å². The molecule has 0 amide bonds. The van der Waals surface area contributed by atoms with Crippen LogP contribution < -0.4 is 0 Å². The van der Waals surface area contributed by atoms with Crippen LogP contribution in [-0.2, 0) is 39.0 Å². The summed E-state index contributed by atoms with van der Waals surface area (Å²) in [7, 11) is 0. The molecule has 0 aliphatic carbocycles. The van der Waals surface area contributed by atoms with E-state index in [2.05, 4.69) is 0 Å². The summed E-state index contributed by atoms with van der Waals surface area (Å²) in [6.45, 7) is 3.00. The summed E-state index contributed by atoms with van der Waals surface area (Å²) in [6, 6.07) is 0. The van der Waals surface area contributed by atoms with E-state index in [-0.39, 0.29) is 39.0 Å². The predicted octanol–water partition coefficient (Wildman–Crippen LogP) is 0.926. The van der Waals surface area contributed by atoms with Gasteiger partial charge in [0.2, 0.25) is 0 Å². The molecule has 0 heterocycles. The molecule has 0 aromatic rings. The summed E-state index contributed by atoms with van der Waals surface area (Å²) in [5.41, 5.74) is 0. The van der Waals surface area contributed by atoms with Crippen molar-refractivity contribution in [2.75, 3.05) is 0 Å². The third kappa shape index (κ3) is 18.9. The van der Waals surface area contributed by atoms with Crippen molar-refractivity contribution < 1.29 is 44.1 Å². The molecule has 3 heteroatoms. The molecule has 0 fully saturated rings. The van der Waals surface area contributed by atoms with Gasteiger partial charge in [0.1, 0.15) is 0 Å². The minimum absolute atomic E-state index is 0. The van der Waals surface area contributed by atoms with Crippen LogP contribution in [0.15, 0.2) is 0 Å². The Bertz CT molecular complexity index is 10.8. The van der Waals surface area contributed by atoms with E-state index in [0.717, 1.165) is 13.0 Å². The van der Waals surface area contributed by atoms with Crippen molar-refractivity contribution in [3.63, 3.8) is 0 Å². The van der Waals surface area contributed by atoms with Crippen molar-refractivity contribution in [1.29, 1.82) is 0 Å². The SMILES string of the molecule is CC[CH-]O.[Rh].[Rh]. The Kier molecular flexibility index (Phi) is 42.8. The van der Waals surface area contributed by atoms with Crippen molar-refractivity contribution in [2.45, 2.75) is 13.3 Å². The van der Waals surface area contributed by atoms with E-state index in [1.165, 1.54) is 0 Å².